The highest BCUT2D eigenvalue weighted by atomic mass is 19.1. The summed E-state index contributed by atoms with van der Waals surface area (Å²) < 4.78 is 52.7. The summed E-state index contributed by atoms with van der Waals surface area (Å²) in [6, 6.07) is 6.28. The summed E-state index contributed by atoms with van der Waals surface area (Å²) in [5.74, 6) is -2.82. The molecule has 0 aliphatic carbocycles. The molecule has 0 heterocycles. The normalized spacial score (nSPS) is 10.4. The molecule has 0 aromatic heterocycles. The second kappa shape index (κ2) is 5.08. The van der Waals surface area contributed by atoms with Crippen molar-refractivity contribution in [3.8, 4) is 0 Å². The van der Waals surface area contributed by atoms with Crippen LogP contribution in [0.25, 0.3) is 0 Å². The van der Waals surface area contributed by atoms with Gasteiger partial charge in [0.2, 0.25) is 0 Å². The maximum Gasteiger partial charge on any atom is 0.149 e. The van der Waals surface area contributed by atoms with E-state index in [9.17, 15) is 17.6 Å². The Kier molecular flexibility index (Phi) is 3.50. The Morgan fingerprint density at radius 3 is 2.17 bits per heavy atom. The molecule has 0 spiro atoms. The van der Waals surface area contributed by atoms with E-state index < -0.39 is 23.3 Å². The molecule has 2 aromatic carbocycles. The highest BCUT2D eigenvalue weighted by Crippen LogP contribution is 2.19. The molecule has 1 nitrogen and oxygen atoms in total. The van der Waals surface area contributed by atoms with Crippen molar-refractivity contribution >= 4 is 5.69 Å². The molecule has 18 heavy (non-hydrogen) atoms. The van der Waals surface area contributed by atoms with Crippen molar-refractivity contribution in [3.05, 3.63) is 65.2 Å². The Morgan fingerprint density at radius 1 is 0.833 bits per heavy atom. The average molecular weight is 255 g/mol. The van der Waals surface area contributed by atoms with Crippen LogP contribution < -0.4 is 5.32 Å². The van der Waals surface area contributed by atoms with Crippen LogP contribution in [0.3, 0.4) is 0 Å². The van der Waals surface area contributed by atoms with Gasteiger partial charge in [-0.1, -0.05) is 6.07 Å². The molecule has 5 heteroatoms. The first-order valence-electron chi connectivity index (χ1n) is 5.20. The first-order chi connectivity index (χ1) is 8.58. The Labute approximate surface area is 101 Å². The lowest BCUT2D eigenvalue weighted by Gasteiger charge is -2.09. The SMILES string of the molecule is Fc1ccc(F)c(CNc2c(F)cccc2F)c1. The highest BCUT2D eigenvalue weighted by Gasteiger charge is 2.09. The monoisotopic (exact) mass is 255 g/mol. The molecule has 2 aromatic rings. The predicted molar refractivity (Wildman–Crippen MR) is 60.0 cm³/mol. The van der Waals surface area contributed by atoms with E-state index in [1.54, 1.807) is 0 Å². The van der Waals surface area contributed by atoms with Crippen LogP contribution in [-0.4, -0.2) is 0 Å². The fourth-order valence-corrected chi connectivity index (χ4v) is 1.53. The zero-order valence-corrected chi connectivity index (χ0v) is 9.18. The van der Waals surface area contributed by atoms with Crippen LogP contribution in [0.2, 0.25) is 0 Å². The van der Waals surface area contributed by atoms with Crippen LogP contribution in [0.15, 0.2) is 36.4 Å². The number of para-hydroxylation sites is 1. The Bertz CT molecular complexity index is 549. The molecule has 0 saturated heterocycles. The van der Waals surface area contributed by atoms with Gasteiger partial charge in [0.1, 0.15) is 29.0 Å². The van der Waals surface area contributed by atoms with Crippen LogP contribution in [-0.2, 0) is 6.54 Å². The molecular formula is C13H9F4N. The zero-order valence-electron chi connectivity index (χ0n) is 9.18. The lowest BCUT2D eigenvalue weighted by atomic mass is 10.2. The van der Waals surface area contributed by atoms with Gasteiger partial charge in [-0.25, -0.2) is 17.6 Å². The molecule has 0 aliphatic rings. The van der Waals surface area contributed by atoms with Gasteiger partial charge in [0.25, 0.3) is 0 Å². The third kappa shape index (κ3) is 2.61. The Morgan fingerprint density at radius 2 is 1.50 bits per heavy atom. The topological polar surface area (TPSA) is 12.0 Å². The molecule has 0 amide bonds. The third-order valence-electron chi connectivity index (χ3n) is 2.43. The minimum Gasteiger partial charge on any atom is -0.376 e. The number of nitrogens with one attached hydrogen (secondary N) is 1. The molecule has 0 bridgehead atoms. The average Bonchev–Trinajstić information content (AvgIpc) is 2.33. The second-order valence-electron chi connectivity index (χ2n) is 3.69. The van der Waals surface area contributed by atoms with E-state index in [2.05, 4.69) is 5.32 Å². The van der Waals surface area contributed by atoms with E-state index in [0.717, 1.165) is 30.3 Å². The molecule has 0 atom stereocenters. The van der Waals surface area contributed by atoms with E-state index in [1.165, 1.54) is 6.07 Å². The fourth-order valence-electron chi connectivity index (χ4n) is 1.53. The third-order valence-corrected chi connectivity index (χ3v) is 2.43. The van der Waals surface area contributed by atoms with Crippen molar-refractivity contribution in [2.45, 2.75) is 6.54 Å². The largest absolute Gasteiger partial charge is 0.376 e. The molecule has 0 aliphatic heterocycles. The van der Waals surface area contributed by atoms with E-state index in [4.69, 9.17) is 0 Å². The zero-order chi connectivity index (χ0) is 13.1. The second-order valence-corrected chi connectivity index (χ2v) is 3.69. The van der Waals surface area contributed by atoms with E-state index in [1.807, 2.05) is 0 Å². The quantitative estimate of drug-likeness (QED) is 0.821. The summed E-state index contributed by atoms with van der Waals surface area (Å²) in [6.45, 7) is -0.207. The molecule has 0 unspecified atom stereocenters. The predicted octanol–water partition coefficient (Wildman–Crippen LogP) is 3.86. The number of halogens is 4. The van der Waals surface area contributed by atoms with Gasteiger partial charge in [-0.3, -0.25) is 0 Å². The Hall–Kier alpha value is -2.04. The summed E-state index contributed by atoms with van der Waals surface area (Å²) in [4.78, 5) is 0. The number of benzene rings is 2. The molecule has 0 radical (unpaired) electrons. The van der Waals surface area contributed by atoms with Crippen LogP contribution in [0.4, 0.5) is 23.2 Å². The van der Waals surface area contributed by atoms with Crippen molar-refractivity contribution in [2.75, 3.05) is 5.32 Å². The molecule has 94 valence electrons. The van der Waals surface area contributed by atoms with Gasteiger partial charge < -0.3 is 5.32 Å². The number of hydrogen-bond donors (Lipinski definition) is 1. The van der Waals surface area contributed by atoms with Gasteiger partial charge >= 0.3 is 0 Å². The maximum atomic E-state index is 13.3. The van der Waals surface area contributed by atoms with Crippen molar-refractivity contribution in [2.24, 2.45) is 0 Å². The van der Waals surface area contributed by atoms with Gasteiger partial charge in [0.05, 0.1) is 0 Å². The smallest absolute Gasteiger partial charge is 0.149 e. The van der Waals surface area contributed by atoms with Gasteiger partial charge in [0, 0.05) is 12.1 Å². The summed E-state index contributed by atoms with van der Waals surface area (Å²) in [5.41, 5.74) is -0.362. The van der Waals surface area contributed by atoms with Crippen LogP contribution in [0.5, 0.6) is 0 Å². The van der Waals surface area contributed by atoms with Crippen molar-refractivity contribution < 1.29 is 17.6 Å². The number of hydrogen-bond acceptors (Lipinski definition) is 1. The standard InChI is InChI=1S/C13H9F4N/c14-9-4-5-10(15)8(6-9)7-18-13-11(16)2-1-3-12(13)17/h1-6,18H,7H2. The number of anilines is 1. The van der Waals surface area contributed by atoms with Gasteiger partial charge in [-0.05, 0) is 30.3 Å². The minimum absolute atomic E-state index is 0.00217. The number of rotatable bonds is 3. The maximum absolute atomic E-state index is 13.3. The highest BCUT2D eigenvalue weighted by molar-refractivity contribution is 5.46. The lowest BCUT2D eigenvalue weighted by molar-refractivity contribution is 0.579. The van der Waals surface area contributed by atoms with Crippen molar-refractivity contribution in [1.29, 1.82) is 0 Å². The van der Waals surface area contributed by atoms with Crippen LogP contribution >= 0.6 is 0 Å². The molecule has 1 N–H and O–H groups in total. The summed E-state index contributed by atoms with van der Waals surface area (Å²) in [6.07, 6.45) is 0. The van der Waals surface area contributed by atoms with Gasteiger partial charge in [-0.2, -0.15) is 0 Å². The van der Waals surface area contributed by atoms with Gasteiger partial charge in [-0.15, -0.1) is 0 Å². The Balaban J connectivity index is 2.19. The summed E-state index contributed by atoms with van der Waals surface area (Å²) in [5, 5.41) is 2.41. The summed E-state index contributed by atoms with van der Waals surface area (Å²) in [7, 11) is 0. The van der Waals surface area contributed by atoms with Crippen LogP contribution in [0.1, 0.15) is 5.56 Å². The molecule has 0 saturated carbocycles. The van der Waals surface area contributed by atoms with E-state index >= 15 is 0 Å². The van der Waals surface area contributed by atoms with Crippen LogP contribution in [0, 0.1) is 23.3 Å². The van der Waals surface area contributed by atoms with E-state index in [-0.39, 0.29) is 17.8 Å². The first kappa shape index (κ1) is 12.4. The minimum atomic E-state index is -0.785. The van der Waals surface area contributed by atoms with Crippen molar-refractivity contribution in [1.82, 2.24) is 0 Å². The summed E-state index contributed by atoms with van der Waals surface area (Å²) >= 11 is 0. The molecular weight excluding hydrogens is 246 g/mol. The van der Waals surface area contributed by atoms with E-state index in [0.29, 0.717) is 0 Å². The molecule has 2 rings (SSSR count). The van der Waals surface area contributed by atoms with Crippen molar-refractivity contribution in [3.63, 3.8) is 0 Å². The lowest BCUT2D eigenvalue weighted by Crippen LogP contribution is -2.05. The van der Waals surface area contributed by atoms with Gasteiger partial charge in [0.15, 0.2) is 0 Å². The fraction of sp³-hybridized carbons (Fsp3) is 0.0769. The molecule has 0 fully saturated rings. The first-order valence-corrected chi connectivity index (χ1v) is 5.20.